The lowest BCUT2D eigenvalue weighted by Crippen LogP contribution is -2.31. The average Bonchev–Trinajstić information content (AvgIpc) is 2.96. The molecule has 1 saturated heterocycles. The molecule has 1 aromatic carbocycles. The molecule has 1 amide bonds. The molecule has 1 heterocycles. The molecular formula is C16H22BrNO3. The van der Waals surface area contributed by atoms with E-state index in [1.54, 1.807) is 0 Å². The number of aryl methyl sites for hydroxylation is 1. The Hall–Kier alpha value is -1.07. The first-order chi connectivity index (χ1) is 10.1. The molecule has 21 heavy (non-hydrogen) atoms. The first kappa shape index (κ1) is 16.3. The van der Waals surface area contributed by atoms with Crippen LogP contribution in [0.5, 0.6) is 5.75 Å². The number of amides is 1. The van der Waals surface area contributed by atoms with Gasteiger partial charge in [0.15, 0.2) is 0 Å². The summed E-state index contributed by atoms with van der Waals surface area (Å²) in [4.78, 5) is 11.7. The molecule has 0 aliphatic carbocycles. The van der Waals surface area contributed by atoms with Gasteiger partial charge in [-0.15, -0.1) is 0 Å². The van der Waals surface area contributed by atoms with E-state index in [1.165, 1.54) is 5.56 Å². The van der Waals surface area contributed by atoms with Crippen LogP contribution in [0.4, 0.5) is 0 Å². The van der Waals surface area contributed by atoms with E-state index in [4.69, 9.17) is 9.47 Å². The van der Waals surface area contributed by atoms with Gasteiger partial charge in [0.2, 0.25) is 5.91 Å². The second-order valence-corrected chi connectivity index (χ2v) is 6.18. The third kappa shape index (κ3) is 5.67. The van der Waals surface area contributed by atoms with Crippen molar-refractivity contribution in [2.75, 3.05) is 19.8 Å². The Bertz CT molecular complexity index is 473. The highest BCUT2D eigenvalue weighted by Gasteiger charge is 2.15. The molecule has 116 valence electrons. The van der Waals surface area contributed by atoms with Crippen molar-refractivity contribution >= 4 is 21.8 Å². The Morgan fingerprint density at radius 2 is 2.38 bits per heavy atom. The lowest BCUT2D eigenvalue weighted by molar-refractivity contribution is -0.121. The number of ether oxygens (including phenoxy) is 2. The fraction of sp³-hybridized carbons (Fsp3) is 0.562. The first-order valence-electron chi connectivity index (χ1n) is 7.42. The highest BCUT2D eigenvalue weighted by molar-refractivity contribution is 9.10. The summed E-state index contributed by atoms with van der Waals surface area (Å²) in [6.07, 6.45) is 3.53. The van der Waals surface area contributed by atoms with Crippen LogP contribution in [0.25, 0.3) is 0 Å². The lowest BCUT2D eigenvalue weighted by Gasteiger charge is -2.11. The molecule has 5 heteroatoms. The third-order valence-electron chi connectivity index (χ3n) is 3.44. The average molecular weight is 356 g/mol. The molecule has 1 fully saturated rings. The lowest BCUT2D eigenvalue weighted by atomic mass is 10.2. The number of nitrogens with one attached hydrogen (secondary N) is 1. The van der Waals surface area contributed by atoms with Crippen molar-refractivity contribution in [2.45, 2.75) is 38.7 Å². The van der Waals surface area contributed by atoms with Crippen molar-refractivity contribution in [1.29, 1.82) is 0 Å². The Kier molecular flexibility index (Phi) is 6.51. The molecule has 0 saturated carbocycles. The van der Waals surface area contributed by atoms with Gasteiger partial charge in [-0.25, -0.2) is 0 Å². The monoisotopic (exact) mass is 355 g/mol. The van der Waals surface area contributed by atoms with Gasteiger partial charge >= 0.3 is 0 Å². The van der Waals surface area contributed by atoms with Crippen LogP contribution in [-0.4, -0.2) is 31.8 Å². The van der Waals surface area contributed by atoms with Gasteiger partial charge < -0.3 is 14.8 Å². The van der Waals surface area contributed by atoms with E-state index < -0.39 is 0 Å². The quantitative estimate of drug-likeness (QED) is 0.764. The Morgan fingerprint density at radius 3 is 3.10 bits per heavy atom. The number of carbonyl (C=O) groups excluding carboxylic acids is 1. The number of benzene rings is 1. The maximum Gasteiger partial charge on any atom is 0.220 e. The van der Waals surface area contributed by atoms with E-state index in [0.717, 1.165) is 29.7 Å². The number of carbonyl (C=O) groups is 1. The molecule has 0 aromatic heterocycles. The van der Waals surface area contributed by atoms with Gasteiger partial charge in [0.25, 0.3) is 0 Å². The molecule has 4 nitrogen and oxygen atoms in total. The van der Waals surface area contributed by atoms with Gasteiger partial charge in [0.05, 0.1) is 17.2 Å². The van der Waals surface area contributed by atoms with Crippen LogP contribution in [0.1, 0.15) is 31.2 Å². The number of hydrogen-bond acceptors (Lipinski definition) is 3. The van der Waals surface area contributed by atoms with E-state index >= 15 is 0 Å². The zero-order valence-corrected chi connectivity index (χ0v) is 13.9. The normalized spacial score (nSPS) is 17.7. The summed E-state index contributed by atoms with van der Waals surface area (Å²) < 4.78 is 12.1. The van der Waals surface area contributed by atoms with Gasteiger partial charge in [0, 0.05) is 19.6 Å². The minimum atomic E-state index is 0.0667. The molecule has 1 aliphatic rings. The van der Waals surface area contributed by atoms with Gasteiger partial charge in [-0.2, -0.15) is 0 Å². The van der Waals surface area contributed by atoms with Crippen molar-refractivity contribution in [3.63, 3.8) is 0 Å². The van der Waals surface area contributed by atoms with E-state index in [9.17, 15) is 4.79 Å². The molecule has 1 atom stereocenters. The maximum absolute atomic E-state index is 11.7. The molecule has 1 N–H and O–H groups in total. The van der Waals surface area contributed by atoms with Crippen molar-refractivity contribution in [2.24, 2.45) is 0 Å². The highest BCUT2D eigenvalue weighted by Crippen LogP contribution is 2.25. The molecule has 1 unspecified atom stereocenters. The molecule has 0 spiro atoms. The second kappa shape index (κ2) is 8.39. The minimum absolute atomic E-state index is 0.0667. The first-order valence-corrected chi connectivity index (χ1v) is 8.21. The van der Waals surface area contributed by atoms with Crippen LogP contribution in [-0.2, 0) is 9.53 Å². The summed E-state index contributed by atoms with van der Waals surface area (Å²) in [5.74, 6) is 0.887. The fourth-order valence-corrected chi connectivity index (χ4v) is 2.87. The summed E-state index contributed by atoms with van der Waals surface area (Å²) in [5, 5.41) is 2.91. The molecule has 1 aromatic rings. The van der Waals surface area contributed by atoms with E-state index in [0.29, 0.717) is 26.0 Å². The zero-order valence-electron chi connectivity index (χ0n) is 12.4. The predicted molar refractivity (Wildman–Crippen MR) is 85.6 cm³/mol. The van der Waals surface area contributed by atoms with E-state index in [2.05, 4.69) is 21.2 Å². The van der Waals surface area contributed by atoms with Gasteiger partial charge in [0.1, 0.15) is 5.75 Å². The largest absolute Gasteiger partial charge is 0.492 e. The second-order valence-electron chi connectivity index (χ2n) is 5.32. The topological polar surface area (TPSA) is 47.6 Å². The Balaban J connectivity index is 1.59. The van der Waals surface area contributed by atoms with Crippen LogP contribution >= 0.6 is 15.9 Å². The van der Waals surface area contributed by atoms with Crippen molar-refractivity contribution < 1.29 is 14.3 Å². The van der Waals surface area contributed by atoms with Gasteiger partial charge in [-0.1, -0.05) is 6.07 Å². The standard InChI is InChI=1S/C16H22BrNO3/c1-12-6-7-15(14(17)10-12)21-9-3-5-16(19)18-11-13-4-2-8-20-13/h6-7,10,13H,2-5,8-9,11H2,1H3,(H,18,19). The fourth-order valence-electron chi connectivity index (χ4n) is 2.26. The Morgan fingerprint density at radius 1 is 1.52 bits per heavy atom. The van der Waals surface area contributed by atoms with Gasteiger partial charge in [-0.05, 0) is 59.8 Å². The smallest absolute Gasteiger partial charge is 0.220 e. The zero-order chi connectivity index (χ0) is 15.1. The van der Waals surface area contributed by atoms with Gasteiger partial charge in [-0.3, -0.25) is 4.79 Å². The molecule has 2 rings (SSSR count). The molecule has 1 aliphatic heterocycles. The van der Waals surface area contributed by atoms with E-state index in [1.807, 2.05) is 25.1 Å². The summed E-state index contributed by atoms with van der Waals surface area (Å²) in [5.41, 5.74) is 1.18. The minimum Gasteiger partial charge on any atom is -0.492 e. The van der Waals surface area contributed by atoms with Crippen LogP contribution in [0.3, 0.4) is 0 Å². The van der Waals surface area contributed by atoms with Crippen LogP contribution in [0.2, 0.25) is 0 Å². The number of halogens is 1. The number of rotatable bonds is 7. The summed E-state index contributed by atoms with van der Waals surface area (Å²) in [6, 6.07) is 5.97. The van der Waals surface area contributed by atoms with Crippen molar-refractivity contribution in [1.82, 2.24) is 5.32 Å². The van der Waals surface area contributed by atoms with E-state index in [-0.39, 0.29) is 12.0 Å². The molecule has 0 radical (unpaired) electrons. The van der Waals surface area contributed by atoms with Crippen molar-refractivity contribution in [3.05, 3.63) is 28.2 Å². The predicted octanol–water partition coefficient (Wildman–Crippen LogP) is 3.21. The van der Waals surface area contributed by atoms with Crippen LogP contribution < -0.4 is 10.1 Å². The van der Waals surface area contributed by atoms with Crippen LogP contribution in [0.15, 0.2) is 22.7 Å². The Labute approximate surface area is 134 Å². The third-order valence-corrected chi connectivity index (χ3v) is 4.06. The summed E-state index contributed by atoms with van der Waals surface area (Å²) >= 11 is 3.47. The van der Waals surface area contributed by atoms with Crippen LogP contribution in [0, 0.1) is 6.92 Å². The highest BCUT2D eigenvalue weighted by atomic mass is 79.9. The van der Waals surface area contributed by atoms with Crippen molar-refractivity contribution in [3.8, 4) is 5.75 Å². The summed E-state index contributed by atoms with van der Waals surface area (Å²) in [6.45, 7) is 4.02. The molecular weight excluding hydrogens is 334 g/mol. The SMILES string of the molecule is Cc1ccc(OCCCC(=O)NCC2CCCO2)c(Br)c1. The molecule has 0 bridgehead atoms. The number of hydrogen-bond donors (Lipinski definition) is 1. The summed E-state index contributed by atoms with van der Waals surface area (Å²) in [7, 11) is 0. The maximum atomic E-state index is 11.7.